The van der Waals surface area contributed by atoms with Crippen molar-refractivity contribution in [1.29, 1.82) is 0 Å². The van der Waals surface area contributed by atoms with Gasteiger partial charge in [-0.05, 0) is 25.0 Å². The minimum atomic E-state index is -0.0646. The summed E-state index contributed by atoms with van der Waals surface area (Å²) in [4.78, 5) is 15.5. The number of rotatable bonds is 4. The van der Waals surface area contributed by atoms with Crippen molar-refractivity contribution in [3.05, 3.63) is 30.1 Å². The Kier molecular flexibility index (Phi) is 4.64. The third kappa shape index (κ3) is 4.21. The Hall–Kier alpha value is -1.71. The quantitative estimate of drug-likeness (QED) is 0.621. The van der Waals surface area contributed by atoms with Gasteiger partial charge in [-0.3, -0.25) is 9.78 Å². The van der Waals surface area contributed by atoms with Crippen molar-refractivity contribution in [2.45, 2.75) is 27.2 Å². The van der Waals surface area contributed by atoms with E-state index in [0.29, 0.717) is 18.1 Å². The van der Waals surface area contributed by atoms with Crippen molar-refractivity contribution >= 4 is 11.6 Å². The van der Waals surface area contributed by atoms with Crippen LogP contribution in [0.1, 0.15) is 32.9 Å². The molecule has 16 heavy (non-hydrogen) atoms. The third-order valence-electron chi connectivity index (χ3n) is 1.98. The number of hydrogen-bond donors (Lipinski definition) is 1. The van der Waals surface area contributed by atoms with Crippen LogP contribution < -0.4 is 5.43 Å². The summed E-state index contributed by atoms with van der Waals surface area (Å²) in [5.41, 5.74) is 4.00. The molecule has 0 saturated carbocycles. The molecular formula is C12H17N3O. The summed E-state index contributed by atoms with van der Waals surface area (Å²) in [5, 5.41) is 4.00. The molecule has 4 heteroatoms. The average molecular weight is 219 g/mol. The number of nitrogens with zero attached hydrogens (tertiary/aromatic N) is 2. The highest BCUT2D eigenvalue weighted by molar-refractivity contribution is 5.97. The van der Waals surface area contributed by atoms with Gasteiger partial charge in [0.2, 0.25) is 5.91 Å². The molecular weight excluding hydrogens is 202 g/mol. The van der Waals surface area contributed by atoms with Gasteiger partial charge in [0.05, 0.1) is 11.4 Å². The summed E-state index contributed by atoms with van der Waals surface area (Å²) >= 11 is 0. The molecule has 0 bridgehead atoms. The SMILES string of the molecule is C/C(=N/NC(=O)CC(C)C)c1ccccn1. The van der Waals surface area contributed by atoms with E-state index in [0.717, 1.165) is 5.69 Å². The normalized spacial score (nSPS) is 11.6. The van der Waals surface area contributed by atoms with Gasteiger partial charge in [0, 0.05) is 12.6 Å². The molecule has 4 nitrogen and oxygen atoms in total. The van der Waals surface area contributed by atoms with Gasteiger partial charge < -0.3 is 0 Å². The van der Waals surface area contributed by atoms with Crippen LogP contribution in [0.2, 0.25) is 0 Å². The van der Waals surface area contributed by atoms with Crippen LogP contribution in [0.5, 0.6) is 0 Å². The van der Waals surface area contributed by atoms with Crippen molar-refractivity contribution in [2.24, 2.45) is 11.0 Å². The molecule has 0 aliphatic rings. The van der Waals surface area contributed by atoms with E-state index in [9.17, 15) is 4.79 Å². The Morgan fingerprint density at radius 2 is 2.25 bits per heavy atom. The van der Waals surface area contributed by atoms with Gasteiger partial charge in [0.25, 0.3) is 0 Å². The highest BCUT2D eigenvalue weighted by Crippen LogP contribution is 1.99. The molecule has 1 heterocycles. The number of hydrazone groups is 1. The third-order valence-corrected chi connectivity index (χ3v) is 1.98. The maximum atomic E-state index is 11.4. The van der Waals surface area contributed by atoms with E-state index in [-0.39, 0.29) is 5.91 Å². The highest BCUT2D eigenvalue weighted by atomic mass is 16.2. The van der Waals surface area contributed by atoms with E-state index in [2.05, 4.69) is 15.5 Å². The second-order valence-electron chi connectivity index (χ2n) is 4.05. The maximum absolute atomic E-state index is 11.4. The van der Waals surface area contributed by atoms with Crippen LogP contribution in [-0.2, 0) is 4.79 Å². The fourth-order valence-electron chi connectivity index (χ4n) is 1.20. The molecule has 86 valence electrons. The molecule has 0 unspecified atom stereocenters. The monoisotopic (exact) mass is 219 g/mol. The zero-order valence-corrected chi connectivity index (χ0v) is 9.90. The van der Waals surface area contributed by atoms with Crippen LogP contribution in [0, 0.1) is 5.92 Å². The number of pyridine rings is 1. The largest absolute Gasteiger partial charge is 0.273 e. The zero-order chi connectivity index (χ0) is 12.0. The predicted octanol–water partition coefficient (Wildman–Crippen LogP) is 1.97. The van der Waals surface area contributed by atoms with E-state index >= 15 is 0 Å². The lowest BCUT2D eigenvalue weighted by molar-refractivity contribution is -0.121. The smallest absolute Gasteiger partial charge is 0.240 e. The summed E-state index contributed by atoms with van der Waals surface area (Å²) in [7, 11) is 0. The second-order valence-corrected chi connectivity index (χ2v) is 4.05. The Bertz CT molecular complexity index is 371. The molecule has 0 radical (unpaired) electrons. The fourth-order valence-corrected chi connectivity index (χ4v) is 1.20. The van der Waals surface area contributed by atoms with E-state index < -0.39 is 0 Å². The lowest BCUT2D eigenvalue weighted by Crippen LogP contribution is -2.20. The fraction of sp³-hybridized carbons (Fsp3) is 0.417. The number of carbonyl (C=O) groups excluding carboxylic acids is 1. The number of amides is 1. The standard InChI is InChI=1S/C12H17N3O/c1-9(2)8-12(16)15-14-10(3)11-6-4-5-7-13-11/h4-7,9H,8H2,1-3H3,(H,15,16)/b14-10-. The topological polar surface area (TPSA) is 54.4 Å². The number of hydrogen-bond acceptors (Lipinski definition) is 3. The Morgan fingerprint density at radius 1 is 1.50 bits per heavy atom. The van der Waals surface area contributed by atoms with Gasteiger partial charge in [-0.15, -0.1) is 0 Å². The Balaban J connectivity index is 2.55. The Morgan fingerprint density at radius 3 is 2.81 bits per heavy atom. The van der Waals surface area contributed by atoms with Crippen LogP contribution >= 0.6 is 0 Å². The van der Waals surface area contributed by atoms with Crippen molar-refractivity contribution in [3.8, 4) is 0 Å². The van der Waals surface area contributed by atoms with Gasteiger partial charge in [0.1, 0.15) is 0 Å². The molecule has 0 aromatic carbocycles. The van der Waals surface area contributed by atoms with Crippen LogP contribution in [0.25, 0.3) is 0 Å². The second kappa shape index (κ2) is 6.00. The maximum Gasteiger partial charge on any atom is 0.240 e. The molecule has 1 rings (SSSR count). The van der Waals surface area contributed by atoms with E-state index in [1.54, 1.807) is 6.20 Å². The molecule has 0 fully saturated rings. The van der Waals surface area contributed by atoms with Gasteiger partial charge in [-0.1, -0.05) is 19.9 Å². The van der Waals surface area contributed by atoms with Crippen LogP contribution in [0.4, 0.5) is 0 Å². The van der Waals surface area contributed by atoms with Crippen molar-refractivity contribution < 1.29 is 4.79 Å². The van der Waals surface area contributed by atoms with Gasteiger partial charge in [-0.2, -0.15) is 5.10 Å². The van der Waals surface area contributed by atoms with Gasteiger partial charge in [0.15, 0.2) is 0 Å². The molecule has 0 aliphatic carbocycles. The summed E-state index contributed by atoms with van der Waals surface area (Å²) in [6.45, 7) is 5.81. The average Bonchev–Trinajstić information content (AvgIpc) is 2.26. The lowest BCUT2D eigenvalue weighted by atomic mass is 10.1. The zero-order valence-electron chi connectivity index (χ0n) is 9.90. The predicted molar refractivity (Wildman–Crippen MR) is 64.0 cm³/mol. The van der Waals surface area contributed by atoms with E-state index in [1.165, 1.54) is 0 Å². The molecule has 1 aromatic rings. The molecule has 0 atom stereocenters. The molecule has 0 aliphatic heterocycles. The van der Waals surface area contributed by atoms with Crippen molar-refractivity contribution in [3.63, 3.8) is 0 Å². The summed E-state index contributed by atoms with van der Waals surface area (Å²) in [5.74, 6) is 0.274. The van der Waals surface area contributed by atoms with E-state index in [4.69, 9.17) is 0 Å². The van der Waals surface area contributed by atoms with E-state index in [1.807, 2.05) is 39.0 Å². The van der Waals surface area contributed by atoms with Crippen LogP contribution in [0.15, 0.2) is 29.5 Å². The van der Waals surface area contributed by atoms with Crippen molar-refractivity contribution in [1.82, 2.24) is 10.4 Å². The van der Waals surface area contributed by atoms with Gasteiger partial charge >= 0.3 is 0 Å². The van der Waals surface area contributed by atoms with Crippen LogP contribution in [0.3, 0.4) is 0 Å². The first-order valence-corrected chi connectivity index (χ1v) is 5.34. The summed E-state index contributed by atoms with van der Waals surface area (Å²) in [6.07, 6.45) is 2.18. The van der Waals surface area contributed by atoms with Gasteiger partial charge in [-0.25, -0.2) is 5.43 Å². The molecule has 1 amide bonds. The lowest BCUT2D eigenvalue weighted by Gasteiger charge is -2.03. The molecule has 1 N–H and O–H groups in total. The first kappa shape index (κ1) is 12.4. The number of carbonyl (C=O) groups is 1. The minimum absolute atomic E-state index is 0.0646. The highest BCUT2D eigenvalue weighted by Gasteiger charge is 2.04. The number of nitrogens with one attached hydrogen (secondary N) is 1. The summed E-state index contributed by atoms with van der Waals surface area (Å²) < 4.78 is 0. The minimum Gasteiger partial charge on any atom is -0.273 e. The molecule has 0 saturated heterocycles. The first-order chi connectivity index (χ1) is 7.59. The van der Waals surface area contributed by atoms with Crippen LogP contribution in [-0.4, -0.2) is 16.6 Å². The number of aromatic nitrogens is 1. The van der Waals surface area contributed by atoms with Crippen molar-refractivity contribution in [2.75, 3.05) is 0 Å². The Labute approximate surface area is 95.8 Å². The first-order valence-electron chi connectivity index (χ1n) is 5.34. The summed E-state index contributed by atoms with van der Waals surface area (Å²) in [6, 6.07) is 5.58. The molecule has 0 spiro atoms. The molecule has 1 aromatic heterocycles.